The normalized spacial score (nSPS) is 37.1. The molecular weight excluding hydrogens is 351 g/mol. The van der Waals surface area contributed by atoms with E-state index in [1.165, 1.54) is 12.8 Å². The van der Waals surface area contributed by atoms with E-state index < -0.39 is 9.84 Å². The molecule has 1 heterocycles. The standard InChI is InChI=1S/C12H21IO3S/c1-12(2)5-3-9(4-6-12)16-11-8-17(14,15)7-10(11)13/h9-11H,3-8H2,1-2H3. The van der Waals surface area contributed by atoms with E-state index in [1.54, 1.807) is 0 Å². The van der Waals surface area contributed by atoms with Crippen molar-refractivity contribution in [3.05, 3.63) is 0 Å². The fourth-order valence-corrected chi connectivity index (χ4v) is 6.71. The highest BCUT2D eigenvalue weighted by atomic mass is 127. The molecule has 17 heavy (non-hydrogen) atoms. The third kappa shape index (κ3) is 3.80. The van der Waals surface area contributed by atoms with Crippen LogP contribution in [0.4, 0.5) is 0 Å². The Labute approximate surface area is 118 Å². The second-order valence-electron chi connectivity index (χ2n) is 6.13. The molecule has 0 bridgehead atoms. The summed E-state index contributed by atoms with van der Waals surface area (Å²) in [5.41, 5.74) is 0.436. The molecule has 0 amide bonds. The number of hydrogen-bond acceptors (Lipinski definition) is 3. The lowest BCUT2D eigenvalue weighted by Crippen LogP contribution is -2.33. The van der Waals surface area contributed by atoms with Crippen LogP contribution in [-0.2, 0) is 14.6 Å². The quantitative estimate of drug-likeness (QED) is 0.553. The molecule has 3 nitrogen and oxygen atoms in total. The lowest BCUT2D eigenvalue weighted by molar-refractivity contribution is -0.0305. The van der Waals surface area contributed by atoms with Crippen molar-refractivity contribution in [3.8, 4) is 0 Å². The Balaban J connectivity index is 1.87. The Bertz CT molecular complexity index is 367. The molecular formula is C12H21IO3S. The van der Waals surface area contributed by atoms with Gasteiger partial charge in [-0.05, 0) is 31.1 Å². The molecule has 2 unspecified atom stereocenters. The van der Waals surface area contributed by atoms with Gasteiger partial charge in [0.15, 0.2) is 9.84 Å². The maximum atomic E-state index is 11.5. The molecule has 1 saturated heterocycles. The molecule has 0 aromatic rings. The fraction of sp³-hybridized carbons (Fsp3) is 1.00. The van der Waals surface area contributed by atoms with Gasteiger partial charge in [0, 0.05) is 0 Å². The highest BCUT2D eigenvalue weighted by Crippen LogP contribution is 2.37. The van der Waals surface area contributed by atoms with E-state index in [4.69, 9.17) is 4.74 Å². The molecule has 1 saturated carbocycles. The second kappa shape index (κ2) is 4.96. The van der Waals surface area contributed by atoms with E-state index in [1.807, 2.05) is 0 Å². The molecule has 2 aliphatic rings. The Morgan fingerprint density at radius 2 is 1.76 bits per heavy atom. The summed E-state index contributed by atoms with van der Waals surface area (Å²) >= 11 is 2.22. The van der Waals surface area contributed by atoms with Crippen LogP contribution in [0.25, 0.3) is 0 Å². The van der Waals surface area contributed by atoms with E-state index in [9.17, 15) is 8.42 Å². The topological polar surface area (TPSA) is 43.4 Å². The Morgan fingerprint density at radius 3 is 2.24 bits per heavy atom. The predicted molar refractivity (Wildman–Crippen MR) is 77.4 cm³/mol. The van der Waals surface area contributed by atoms with Crippen LogP contribution >= 0.6 is 22.6 Å². The molecule has 1 aliphatic heterocycles. The van der Waals surface area contributed by atoms with Gasteiger partial charge in [-0.1, -0.05) is 36.4 Å². The van der Waals surface area contributed by atoms with Crippen molar-refractivity contribution in [1.29, 1.82) is 0 Å². The van der Waals surface area contributed by atoms with Crippen molar-refractivity contribution in [2.24, 2.45) is 5.41 Å². The van der Waals surface area contributed by atoms with Crippen molar-refractivity contribution >= 4 is 32.4 Å². The number of alkyl halides is 1. The zero-order valence-electron chi connectivity index (χ0n) is 10.5. The summed E-state index contributed by atoms with van der Waals surface area (Å²) in [5, 5.41) is 0. The monoisotopic (exact) mass is 372 g/mol. The van der Waals surface area contributed by atoms with Crippen LogP contribution in [0.15, 0.2) is 0 Å². The van der Waals surface area contributed by atoms with Gasteiger partial charge < -0.3 is 4.74 Å². The molecule has 2 fully saturated rings. The lowest BCUT2D eigenvalue weighted by Gasteiger charge is -2.35. The Hall–Kier alpha value is 0.640. The zero-order valence-corrected chi connectivity index (χ0v) is 13.5. The van der Waals surface area contributed by atoms with E-state index in [-0.39, 0.29) is 27.6 Å². The molecule has 0 N–H and O–H groups in total. The maximum absolute atomic E-state index is 11.5. The third-order valence-electron chi connectivity index (χ3n) is 3.89. The lowest BCUT2D eigenvalue weighted by atomic mass is 9.76. The van der Waals surface area contributed by atoms with Crippen molar-refractivity contribution in [2.45, 2.75) is 55.7 Å². The van der Waals surface area contributed by atoms with Gasteiger partial charge in [0.2, 0.25) is 0 Å². The first-order valence-electron chi connectivity index (χ1n) is 6.27. The first-order valence-corrected chi connectivity index (χ1v) is 9.34. The molecule has 0 aromatic carbocycles. The SMILES string of the molecule is CC1(C)CCC(OC2CS(=O)(=O)CC2I)CC1. The molecule has 5 heteroatoms. The minimum Gasteiger partial charge on any atom is -0.373 e. The molecule has 0 spiro atoms. The molecule has 0 radical (unpaired) electrons. The van der Waals surface area contributed by atoms with E-state index in [0.717, 1.165) is 12.8 Å². The van der Waals surface area contributed by atoms with Gasteiger partial charge >= 0.3 is 0 Å². The molecule has 2 rings (SSSR count). The Kier molecular flexibility index (Phi) is 4.10. The predicted octanol–water partition coefficient (Wildman–Crippen LogP) is 2.57. The fourth-order valence-electron chi connectivity index (χ4n) is 2.65. The first-order chi connectivity index (χ1) is 7.77. The van der Waals surface area contributed by atoms with Gasteiger partial charge in [-0.3, -0.25) is 0 Å². The highest BCUT2D eigenvalue weighted by molar-refractivity contribution is 14.1. The minimum absolute atomic E-state index is 0.0770. The van der Waals surface area contributed by atoms with Crippen LogP contribution in [0.2, 0.25) is 0 Å². The minimum atomic E-state index is -2.85. The van der Waals surface area contributed by atoms with Gasteiger partial charge in [0.25, 0.3) is 0 Å². The van der Waals surface area contributed by atoms with Crippen molar-refractivity contribution in [3.63, 3.8) is 0 Å². The summed E-state index contributed by atoms with van der Waals surface area (Å²) in [7, 11) is -2.85. The second-order valence-corrected chi connectivity index (χ2v) is 9.88. The first kappa shape index (κ1) is 14.1. The number of hydrogen-bond donors (Lipinski definition) is 0. The van der Waals surface area contributed by atoms with Gasteiger partial charge in [0.05, 0.1) is 27.6 Å². The smallest absolute Gasteiger partial charge is 0.154 e. The number of rotatable bonds is 2. The number of ether oxygens (including phenoxy) is 1. The summed E-state index contributed by atoms with van der Waals surface area (Å²) in [4.78, 5) is 0. The maximum Gasteiger partial charge on any atom is 0.154 e. The largest absolute Gasteiger partial charge is 0.373 e. The Morgan fingerprint density at radius 1 is 1.18 bits per heavy atom. The van der Waals surface area contributed by atoms with Crippen LogP contribution < -0.4 is 0 Å². The summed E-state index contributed by atoms with van der Waals surface area (Å²) in [6, 6.07) is 0. The van der Waals surface area contributed by atoms with E-state index >= 15 is 0 Å². The third-order valence-corrected chi connectivity index (χ3v) is 7.43. The van der Waals surface area contributed by atoms with Crippen LogP contribution in [0.1, 0.15) is 39.5 Å². The molecule has 0 aromatic heterocycles. The molecule has 100 valence electrons. The van der Waals surface area contributed by atoms with E-state index in [2.05, 4.69) is 36.4 Å². The van der Waals surface area contributed by atoms with Gasteiger partial charge in [-0.15, -0.1) is 0 Å². The van der Waals surface area contributed by atoms with Crippen LogP contribution in [0.5, 0.6) is 0 Å². The zero-order chi connectivity index (χ0) is 12.7. The van der Waals surface area contributed by atoms with Crippen LogP contribution in [0, 0.1) is 5.41 Å². The summed E-state index contributed by atoms with van der Waals surface area (Å²) < 4.78 is 29.2. The van der Waals surface area contributed by atoms with Crippen LogP contribution in [0.3, 0.4) is 0 Å². The van der Waals surface area contributed by atoms with Gasteiger partial charge in [-0.25, -0.2) is 8.42 Å². The van der Waals surface area contributed by atoms with Crippen LogP contribution in [-0.4, -0.2) is 36.1 Å². The number of sulfone groups is 1. The van der Waals surface area contributed by atoms with Gasteiger partial charge in [0.1, 0.15) is 0 Å². The average molecular weight is 372 g/mol. The molecule has 2 atom stereocenters. The summed E-state index contributed by atoms with van der Waals surface area (Å²) in [6.07, 6.45) is 4.72. The van der Waals surface area contributed by atoms with Gasteiger partial charge in [-0.2, -0.15) is 0 Å². The van der Waals surface area contributed by atoms with Crippen molar-refractivity contribution in [1.82, 2.24) is 0 Å². The number of halogens is 1. The molecule has 1 aliphatic carbocycles. The average Bonchev–Trinajstić information content (AvgIpc) is 2.43. The highest BCUT2D eigenvalue weighted by Gasteiger charge is 2.39. The van der Waals surface area contributed by atoms with E-state index in [0.29, 0.717) is 5.41 Å². The summed E-state index contributed by atoms with van der Waals surface area (Å²) in [6.45, 7) is 4.59. The van der Waals surface area contributed by atoms with Crippen molar-refractivity contribution < 1.29 is 13.2 Å². The van der Waals surface area contributed by atoms with Crippen molar-refractivity contribution in [2.75, 3.05) is 11.5 Å². The summed E-state index contributed by atoms with van der Waals surface area (Å²) in [5.74, 6) is 0.511.